The molecule has 0 fully saturated rings. The van der Waals surface area contributed by atoms with Gasteiger partial charge >= 0.3 is 13.8 Å². The summed E-state index contributed by atoms with van der Waals surface area (Å²) in [6, 6.07) is 0. The van der Waals surface area contributed by atoms with Gasteiger partial charge in [-0.3, -0.25) is 13.8 Å². The zero-order valence-electron chi connectivity index (χ0n) is 40.0. The number of hydrogen-bond acceptors (Lipinski definition) is 6. The summed E-state index contributed by atoms with van der Waals surface area (Å²) < 4.78 is 35.1. The molecule has 1 N–H and O–H groups in total. The maximum absolute atomic E-state index is 12.7. The minimum absolute atomic E-state index is 0.0923. The molecule has 0 bridgehead atoms. The fourth-order valence-electron chi connectivity index (χ4n) is 7.37. The molecule has 352 valence electrons. The van der Waals surface area contributed by atoms with Gasteiger partial charge in [-0.15, -0.1) is 0 Å². The van der Waals surface area contributed by atoms with Gasteiger partial charge < -0.3 is 18.9 Å². The quantitative estimate of drug-likeness (QED) is 0.0214. The van der Waals surface area contributed by atoms with Gasteiger partial charge in [0.15, 0.2) is 0 Å². The maximum atomic E-state index is 12.7. The van der Waals surface area contributed by atoms with Crippen LogP contribution < -0.4 is 0 Å². The molecule has 8 nitrogen and oxygen atoms in total. The molecular weight excluding hydrogens is 758 g/mol. The monoisotopic (exact) mass is 859 g/mol. The molecule has 0 aromatic carbocycles. The Morgan fingerprint density at radius 2 is 0.881 bits per heavy atom. The van der Waals surface area contributed by atoms with E-state index in [1.54, 1.807) is 0 Å². The molecule has 0 saturated heterocycles. The lowest BCUT2D eigenvalue weighted by Crippen LogP contribution is -2.37. The van der Waals surface area contributed by atoms with Crippen LogP contribution in [-0.4, -0.2) is 75.6 Å². The molecule has 0 saturated carbocycles. The first-order chi connectivity index (χ1) is 28.6. The van der Waals surface area contributed by atoms with E-state index in [1.165, 1.54) is 193 Å². The lowest BCUT2D eigenvalue weighted by atomic mass is 10.0. The Morgan fingerprint density at radius 3 is 1.29 bits per heavy atom. The van der Waals surface area contributed by atoms with Crippen molar-refractivity contribution in [2.45, 2.75) is 251 Å². The molecule has 9 heteroatoms. The SMILES string of the molecule is CCCCCCCCCC/C=C\CCCCCCCCCCCCCCOCC(COP(=O)(O)OCC[N+](C)(C)C)OC(=O)CCCCCCCCCCCCCCC. The molecule has 0 rings (SSSR count). The fraction of sp³-hybridized carbons (Fsp3) is 0.940. The van der Waals surface area contributed by atoms with Gasteiger partial charge in [0.25, 0.3) is 0 Å². The van der Waals surface area contributed by atoms with Crippen LogP contribution in [-0.2, 0) is 27.9 Å². The van der Waals surface area contributed by atoms with Crippen LogP contribution in [0.5, 0.6) is 0 Å². The van der Waals surface area contributed by atoms with Crippen molar-refractivity contribution in [3.05, 3.63) is 12.2 Å². The summed E-state index contributed by atoms with van der Waals surface area (Å²) in [5.41, 5.74) is 0. The number of ether oxygens (including phenoxy) is 2. The molecular formula is C50H101NO7P+. The van der Waals surface area contributed by atoms with E-state index in [2.05, 4.69) is 26.0 Å². The van der Waals surface area contributed by atoms with E-state index in [0.717, 1.165) is 32.1 Å². The Kier molecular flexibility index (Phi) is 43.3. The minimum Gasteiger partial charge on any atom is -0.457 e. The number of nitrogens with zero attached hydrogens (tertiary/aromatic N) is 1. The zero-order valence-corrected chi connectivity index (χ0v) is 40.9. The highest BCUT2D eigenvalue weighted by Gasteiger charge is 2.26. The third kappa shape index (κ3) is 48.1. The number of rotatable bonds is 48. The first kappa shape index (κ1) is 58.2. The number of hydrogen-bond donors (Lipinski definition) is 1. The molecule has 0 radical (unpaired) electrons. The number of unbranched alkanes of at least 4 members (excludes halogenated alkanes) is 32. The highest BCUT2D eigenvalue weighted by molar-refractivity contribution is 7.47. The summed E-state index contributed by atoms with van der Waals surface area (Å²) >= 11 is 0. The van der Waals surface area contributed by atoms with Crippen LogP contribution in [0, 0.1) is 0 Å². The molecule has 0 aliphatic rings. The summed E-state index contributed by atoms with van der Waals surface area (Å²) in [5.74, 6) is -0.309. The van der Waals surface area contributed by atoms with E-state index in [4.69, 9.17) is 18.5 Å². The molecule has 0 aromatic heterocycles. The number of esters is 1. The van der Waals surface area contributed by atoms with Gasteiger partial charge in [0.1, 0.15) is 19.3 Å². The highest BCUT2D eigenvalue weighted by Crippen LogP contribution is 2.43. The Balaban J connectivity index is 4.04. The van der Waals surface area contributed by atoms with Gasteiger partial charge in [-0.05, 0) is 38.5 Å². The van der Waals surface area contributed by atoms with Crippen LogP contribution >= 0.6 is 7.82 Å². The molecule has 0 aliphatic carbocycles. The first-order valence-electron chi connectivity index (χ1n) is 25.4. The van der Waals surface area contributed by atoms with Gasteiger partial charge in [-0.1, -0.05) is 212 Å². The van der Waals surface area contributed by atoms with Crippen molar-refractivity contribution in [2.75, 3.05) is 54.1 Å². The summed E-state index contributed by atoms with van der Waals surface area (Å²) in [4.78, 5) is 22.9. The molecule has 0 spiro atoms. The smallest absolute Gasteiger partial charge is 0.457 e. The van der Waals surface area contributed by atoms with Gasteiger partial charge in [-0.2, -0.15) is 0 Å². The third-order valence-corrected chi connectivity index (χ3v) is 12.3. The van der Waals surface area contributed by atoms with E-state index in [0.29, 0.717) is 24.1 Å². The standard InChI is InChI=1S/C50H100NO7P/c1-6-8-10-12-14-16-18-20-21-22-23-24-25-26-27-28-29-30-32-34-36-38-40-42-45-55-47-49(48-57-59(53,54)56-46-44-51(3,4)5)58-50(52)43-41-39-37-35-33-31-19-17-15-13-11-9-7-2/h22-23,49H,6-21,24-48H2,1-5H3/p+1/b23-22-. The van der Waals surface area contributed by atoms with Crippen LogP contribution in [0.25, 0.3) is 0 Å². The number of allylic oxidation sites excluding steroid dienone is 2. The molecule has 59 heavy (non-hydrogen) atoms. The number of carbonyl (C=O) groups excluding carboxylic acids is 1. The molecule has 2 atom stereocenters. The van der Waals surface area contributed by atoms with E-state index >= 15 is 0 Å². The topological polar surface area (TPSA) is 91.3 Å². The van der Waals surface area contributed by atoms with Crippen LogP contribution in [0.15, 0.2) is 12.2 Å². The molecule has 0 heterocycles. The van der Waals surface area contributed by atoms with Crippen LogP contribution in [0.4, 0.5) is 0 Å². The second kappa shape index (κ2) is 43.9. The third-order valence-electron chi connectivity index (χ3n) is 11.3. The lowest BCUT2D eigenvalue weighted by Gasteiger charge is -2.24. The fourth-order valence-corrected chi connectivity index (χ4v) is 8.11. The van der Waals surface area contributed by atoms with Crippen molar-refractivity contribution in [1.29, 1.82) is 0 Å². The highest BCUT2D eigenvalue weighted by atomic mass is 31.2. The maximum Gasteiger partial charge on any atom is 0.472 e. The molecule has 0 amide bonds. The van der Waals surface area contributed by atoms with Gasteiger partial charge in [-0.25, -0.2) is 4.57 Å². The first-order valence-corrected chi connectivity index (χ1v) is 26.9. The second-order valence-electron chi connectivity index (χ2n) is 18.6. The van der Waals surface area contributed by atoms with Crippen molar-refractivity contribution in [3.8, 4) is 0 Å². The average molecular weight is 859 g/mol. The number of phosphoric acid groups is 1. The van der Waals surface area contributed by atoms with Crippen molar-refractivity contribution >= 4 is 13.8 Å². The van der Waals surface area contributed by atoms with Crippen LogP contribution in [0.3, 0.4) is 0 Å². The Labute approximate surface area is 367 Å². The Morgan fingerprint density at radius 1 is 0.508 bits per heavy atom. The van der Waals surface area contributed by atoms with E-state index in [1.807, 2.05) is 21.1 Å². The van der Waals surface area contributed by atoms with Crippen LogP contribution in [0.2, 0.25) is 0 Å². The lowest BCUT2D eigenvalue weighted by molar-refractivity contribution is -0.870. The molecule has 0 aliphatic heterocycles. The largest absolute Gasteiger partial charge is 0.472 e. The Bertz CT molecular complexity index is 956. The summed E-state index contributed by atoms with van der Waals surface area (Å²) in [7, 11) is 1.68. The normalized spacial score (nSPS) is 13.7. The van der Waals surface area contributed by atoms with E-state index in [-0.39, 0.29) is 25.8 Å². The summed E-state index contributed by atoms with van der Waals surface area (Å²) in [6.07, 6.45) is 49.7. The predicted octanol–water partition coefficient (Wildman–Crippen LogP) is 15.4. The summed E-state index contributed by atoms with van der Waals surface area (Å²) in [6.45, 7) is 5.67. The van der Waals surface area contributed by atoms with E-state index < -0.39 is 13.9 Å². The molecule has 2 unspecified atom stereocenters. The summed E-state index contributed by atoms with van der Waals surface area (Å²) in [5, 5.41) is 0. The number of likely N-dealkylation sites (N-methyl/N-ethyl adjacent to an activating group) is 1. The second-order valence-corrected chi connectivity index (χ2v) is 20.0. The Hall–Kier alpha value is -0.760. The minimum atomic E-state index is -4.27. The van der Waals surface area contributed by atoms with E-state index in [9.17, 15) is 14.3 Å². The van der Waals surface area contributed by atoms with Gasteiger partial charge in [0.2, 0.25) is 0 Å². The van der Waals surface area contributed by atoms with Crippen molar-refractivity contribution in [2.24, 2.45) is 0 Å². The average Bonchev–Trinajstić information content (AvgIpc) is 3.19. The van der Waals surface area contributed by atoms with Gasteiger partial charge in [0.05, 0.1) is 34.4 Å². The molecule has 0 aromatic rings. The predicted molar refractivity (Wildman–Crippen MR) is 252 cm³/mol. The number of quaternary nitrogens is 1. The van der Waals surface area contributed by atoms with Crippen molar-refractivity contribution < 1.29 is 37.3 Å². The van der Waals surface area contributed by atoms with Crippen LogP contribution in [0.1, 0.15) is 245 Å². The van der Waals surface area contributed by atoms with Gasteiger partial charge in [0, 0.05) is 13.0 Å². The van der Waals surface area contributed by atoms with Crippen molar-refractivity contribution in [3.63, 3.8) is 0 Å². The number of carbonyl (C=O) groups is 1. The van der Waals surface area contributed by atoms with Crippen molar-refractivity contribution in [1.82, 2.24) is 0 Å². The zero-order chi connectivity index (χ0) is 43.4. The number of phosphoric ester groups is 1.